The van der Waals surface area contributed by atoms with Crippen LogP contribution in [0.4, 0.5) is 5.69 Å². The maximum absolute atomic E-state index is 13.2. The highest BCUT2D eigenvalue weighted by Gasteiger charge is 2.31. The first-order valence-electron chi connectivity index (χ1n) is 12.4. The van der Waals surface area contributed by atoms with Crippen molar-refractivity contribution in [2.75, 3.05) is 5.32 Å². The molecule has 5 rings (SSSR count). The zero-order valence-corrected chi connectivity index (χ0v) is 23.6. The number of carbonyl (C=O) groups is 3. The monoisotopic (exact) mass is 574 g/mol. The number of nitrogens with zero attached hydrogens (tertiary/aromatic N) is 1. The number of carbonyl (C=O) groups excluding carboxylic acids is 3. The topological polar surface area (TPSA) is 134 Å². The molecule has 3 aromatic carbocycles. The Morgan fingerprint density at radius 1 is 0.925 bits per heavy atom. The third-order valence-corrected chi connectivity index (χ3v) is 8.98. The number of hydrogen-bond acceptors (Lipinski definition) is 7. The second-order valence-electron chi connectivity index (χ2n) is 10.3. The fourth-order valence-electron chi connectivity index (χ4n) is 4.17. The molecule has 0 saturated heterocycles. The number of hydrogen-bond donors (Lipinski definition) is 3. The van der Waals surface area contributed by atoms with Crippen molar-refractivity contribution in [1.82, 2.24) is 15.6 Å². The number of aromatic nitrogens is 1. The molecule has 3 N–H and O–H groups in total. The van der Waals surface area contributed by atoms with Crippen LogP contribution in [0, 0.1) is 0 Å². The lowest BCUT2D eigenvalue weighted by Gasteiger charge is -2.20. The van der Waals surface area contributed by atoms with Gasteiger partial charge in [0.1, 0.15) is 5.01 Å². The van der Waals surface area contributed by atoms with Crippen molar-refractivity contribution < 1.29 is 22.8 Å². The summed E-state index contributed by atoms with van der Waals surface area (Å²) in [6.45, 7) is 5.96. The lowest BCUT2D eigenvalue weighted by atomic mass is 10.1. The number of fused-ring (bicyclic) bond motifs is 2. The molecule has 2 heterocycles. The molecule has 0 unspecified atom stereocenters. The van der Waals surface area contributed by atoms with Crippen LogP contribution in [0.1, 0.15) is 56.7 Å². The third kappa shape index (κ3) is 5.51. The van der Waals surface area contributed by atoms with Crippen molar-refractivity contribution >= 4 is 44.6 Å². The molecule has 204 valence electrons. The highest BCUT2D eigenvalue weighted by atomic mass is 32.2. The van der Waals surface area contributed by atoms with Crippen LogP contribution in [-0.2, 0) is 16.4 Å². The first kappa shape index (κ1) is 27.2. The molecule has 4 aromatic rings. The van der Waals surface area contributed by atoms with E-state index in [2.05, 4.69) is 20.9 Å². The second-order valence-corrected chi connectivity index (χ2v) is 13.3. The number of anilines is 1. The van der Waals surface area contributed by atoms with Gasteiger partial charge < -0.3 is 16.0 Å². The van der Waals surface area contributed by atoms with Gasteiger partial charge in [0, 0.05) is 33.3 Å². The van der Waals surface area contributed by atoms with E-state index in [0.29, 0.717) is 5.56 Å². The highest BCUT2D eigenvalue weighted by molar-refractivity contribution is 7.91. The van der Waals surface area contributed by atoms with Crippen LogP contribution < -0.4 is 16.0 Å². The highest BCUT2D eigenvalue weighted by Crippen LogP contribution is 2.34. The van der Waals surface area contributed by atoms with Crippen molar-refractivity contribution in [3.05, 3.63) is 94.5 Å². The van der Waals surface area contributed by atoms with Crippen molar-refractivity contribution in [2.24, 2.45) is 0 Å². The summed E-state index contributed by atoms with van der Waals surface area (Å²) < 4.78 is 26.3. The molecular weight excluding hydrogens is 548 g/mol. The second kappa shape index (κ2) is 10.3. The average Bonchev–Trinajstić information content (AvgIpc) is 3.37. The predicted octanol–water partition coefficient (Wildman–Crippen LogP) is 4.67. The lowest BCUT2D eigenvalue weighted by molar-refractivity contribution is 0.0917. The van der Waals surface area contributed by atoms with Gasteiger partial charge in [-0.3, -0.25) is 14.4 Å². The van der Waals surface area contributed by atoms with Crippen molar-refractivity contribution in [3.8, 4) is 10.6 Å². The molecule has 0 saturated carbocycles. The molecule has 1 aliphatic rings. The Balaban J connectivity index is 1.27. The number of amides is 3. The van der Waals surface area contributed by atoms with E-state index in [9.17, 15) is 22.8 Å². The minimum atomic E-state index is -3.95. The molecule has 0 fully saturated rings. The Bertz CT molecular complexity index is 1750. The molecule has 1 aliphatic heterocycles. The number of nitrogens with one attached hydrogen (secondary N) is 3. The van der Waals surface area contributed by atoms with E-state index in [1.165, 1.54) is 41.7 Å². The smallest absolute Gasteiger partial charge is 0.257 e. The van der Waals surface area contributed by atoms with Gasteiger partial charge in [-0.05, 0) is 63.2 Å². The van der Waals surface area contributed by atoms with E-state index < -0.39 is 21.7 Å². The van der Waals surface area contributed by atoms with Crippen LogP contribution in [0.2, 0.25) is 0 Å². The van der Waals surface area contributed by atoms with E-state index in [-0.39, 0.29) is 44.6 Å². The van der Waals surface area contributed by atoms with Gasteiger partial charge >= 0.3 is 0 Å². The van der Waals surface area contributed by atoms with Gasteiger partial charge in [0.25, 0.3) is 17.7 Å². The largest absolute Gasteiger partial charge is 0.347 e. The Labute approximate surface area is 235 Å². The summed E-state index contributed by atoms with van der Waals surface area (Å²) in [5.74, 6) is -1.14. The molecular formula is C29H26N4O5S2. The van der Waals surface area contributed by atoms with E-state index in [1.807, 2.05) is 32.9 Å². The van der Waals surface area contributed by atoms with E-state index in [0.717, 1.165) is 15.4 Å². The first-order chi connectivity index (χ1) is 18.9. The molecule has 11 heteroatoms. The van der Waals surface area contributed by atoms with Crippen LogP contribution in [0.25, 0.3) is 10.6 Å². The van der Waals surface area contributed by atoms with E-state index in [1.54, 1.807) is 30.5 Å². The molecule has 0 atom stereocenters. The summed E-state index contributed by atoms with van der Waals surface area (Å²) in [4.78, 5) is 43.0. The average molecular weight is 575 g/mol. The summed E-state index contributed by atoms with van der Waals surface area (Å²) in [5.41, 5.74) is 1.37. The summed E-state index contributed by atoms with van der Waals surface area (Å²) in [6, 6.07) is 17.2. The van der Waals surface area contributed by atoms with Crippen LogP contribution >= 0.6 is 11.3 Å². The predicted molar refractivity (Wildman–Crippen MR) is 152 cm³/mol. The molecule has 0 aliphatic carbocycles. The Hall–Kier alpha value is -4.35. The fraction of sp³-hybridized carbons (Fsp3) is 0.172. The van der Waals surface area contributed by atoms with Gasteiger partial charge in [0.15, 0.2) is 0 Å². The van der Waals surface area contributed by atoms with E-state index in [4.69, 9.17) is 0 Å². The Morgan fingerprint density at radius 3 is 2.35 bits per heavy atom. The molecule has 1 aromatic heterocycles. The maximum atomic E-state index is 13.2. The summed E-state index contributed by atoms with van der Waals surface area (Å²) in [7, 11) is -3.95. The number of sulfone groups is 1. The quantitative estimate of drug-likeness (QED) is 0.317. The first-order valence-corrected chi connectivity index (χ1v) is 14.7. The molecule has 0 spiro atoms. The lowest BCUT2D eigenvalue weighted by Crippen LogP contribution is -2.40. The van der Waals surface area contributed by atoms with Crippen LogP contribution in [-0.4, -0.2) is 36.7 Å². The molecule has 9 nitrogen and oxygen atoms in total. The van der Waals surface area contributed by atoms with Crippen LogP contribution in [0.15, 0.2) is 82.7 Å². The summed E-state index contributed by atoms with van der Waals surface area (Å²) in [5, 5.41) is 9.10. The standard InChI is InChI=1S/C29H26N4O5S2/c1-29(2,3)33-26(35)17-8-10-18(11-9-17)28-31-16-20(39-28)15-30-25(34)19-12-13-24-22(14-19)32-27(36)21-6-4-5-7-23(21)40(24,37)38/h4-14,16H,15H2,1-3H3,(H,30,34)(H,32,36)(H,33,35). The fourth-order valence-corrected chi connectivity index (χ4v) is 6.62. The Kier molecular flexibility index (Phi) is 7.03. The Morgan fingerprint density at radius 2 is 1.62 bits per heavy atom. The van der Waals surface area contributed by atoms with Crippen LogP contribution in [0.3, 0.4) is 0 Å². The van der Waals surface area contributed by atoms with Gasteiger partial charge in [-0.15, -0.1) is 11.3 Å². The molecule has 3 amide bonds. The van der Waals surface area contributed by atoms with Gasteiger partial charge in [-0.2, -0.15) is 0 Å². The zero-order valence-electron chi connectivity index (χ0n) is 21.9. The minimum absolute atomic E-state index is 0.0496. The van der Waals surface area contributed by atoms with Crippen molar-refractivity contribution in [3.63, 3.8) is 0 Å². The normalized spacial score (nSPS) is 13.8. The van der Waals surface area contributed by atoms with E-state index >= 15 is 0 Å². The van der Waals surface area contributed by atoms with Gasteiger partial charge in [0.2, 0.25) is 9.84 Å². The molecule has 40 heavy (non-hydrogen) atoms. The maximum Gasteiger partial charge on any atom is 0.257 e. The van der Waals surface area contributed by atoms with Gasteiger partial charge in [-0.25, -0.2) is 13.4 Å². The number of benzene rings is 3. The number of rotatable bonds is 5. The minimum Gasteiger partial charge on any atom is -0.347 e. The third-order valence-electron chi connectivity index (χ3n) is 6.06. The molecule has 0 radical (unpaired) electrons. The zero-order chi connectivity index (χ0) is 28.7. The van der Waals surface area contributed by atoms with Crippen LogP contribution in [0.5, 0.6) is 0 Å². The van der Waals surface area contributed by atoms with Crippen molar-refractivity contribution in [2.45, 2.75) is 42.6 Å². The molecule has 0 bridgehead atoms. The van der Waals surface area contributed by atoms with Crippen molar-refractivity contribution in [1.29, 1.82) is 0 Å². The van der Waals surface area contributed by atoms with Gasteiger partial charge in [-0.1, -0.05) is 24.3 Å². The summed E-state index contributed by atoms with van der Waals surface area (Å²) >= 11 is 1.40. The SMILES string of the molecule is CC(C)(C)NC(=O)c1ccc(-c2ncc(CNC(=O)c3ccc4c(c3)NC(=O)c3ccccc3S4(=O)=O)s2)cc1. The summed E-state index contributed by atoms with van der Waals surface area (Å²) in [6.07, 6.45) is 1.67. The van der Waals surface area contributed by atoms with Gasteiger partial charge in [0.05, 0.1) is 27.6 Å². The number of thiazole rings is 1.